The van der Waals surface area contributed by atoms with Crippen LogP contribution >= 0.6 is 22.9 Å². The van der Waals surface area contributed by atoms with Crippen LogP contribution in [0.25, 0.3) is 5.65 Å². The number of nitrogens with two attached hydrogens (primary N) is 1. The van der Waals surface area contributed by atoms with E-state index >= 15 is 0 Å². The van der Waals surface area contributed by atoms with E-state index in [-0.39, 0.29) is 18.0 Å². The van der Waals surface area contributed by atoms with Gasteiger partial charge in [-0.3, -0.25) is 4.79 Å². The highest BCUT2D eigenvalue weighted by molar-refractivity contribution is 7.12. The number of aromatic nitrogens is 3. The third-order valence-electron chi connectivity index (χ3n) is 6.47. The van der Waals surface area contributed by atoms with E-state index in [0.717, 1.165) is 67.7 Å². The van der Waals surface area contributed by atoms with Crippen LogP contribution in [0.15, 0.2) is 23.7 Å². The molecule has 3 atom stereocenters. The van der Waals surface area contributed by atoms with Gasteiger partial charge in [0.15, 0.2) is 5.65 Å². The molecule has 0 aromatic carbocycles. The summed E-state index contributed by atoms with van der Waals surface area (Å²) < 4.78 is 1.86. The van der Waals surface area contributed by atoms with Crippen molar-refractivity contribution in [1.29, 1.82) is 0 Å². The predicted octanol–water partition coefficient (Wildman–Crippen LogP) is 4.71. The molecule has 1 amide bonds. The lowest BCUT2D eigenvalue weighted by molar-refractivity contribution is 0.0611. The van der Waals surface area contributed by atoms with Crippen LogP contribution in [0, 0.1) is 6.92 Å². The zero-order valence-corrected chi connectivity index (χ0v) is 18.6. The molecule has 3 aromatic rings. The van der Waals surface area contributed by atoms with E-state index in [1.54, 1.807) is 6.07 Å². The standard InChI is InChI=1S/C22H26ClN5OS/c1-13-12-28-19(25-20(13)14-5-6-15(24)10-14)11-17(26-28)18-4-2-3-8-27(18)22(29)21-16(23)7-9-30-21/h7,9,11-12,14-15,18H,2-6,8,10,24H2,1H3/t14?,15-,18-/m0/s1. The number of fused-ring (bicyclic) bond motifs is 1. The molecule has 1 aliphatic carbocycles. The Balaban J connectivity index is 1.48. The predicted molar refractivity (Wildman–Crippen MR) is 119 cm³/mol. The Hall–Kier alpha value is -1.96. The molecule has 1 aliphatic heterocycles. The first-order valence-corrected chi connectivity index (χ1v) is 11.9. The van der Waals surface area contributed by atoms with Crippen molar-refractivity contribution in [3.05, 3.63) is 50.6 Å². The van der Waals surface area contributed by atoms with Crippen molar-refractivity contribution in [3.8, 4) is 0 Å². The minimum Gasteiger partial charge on any atom is -0.329 e. The maximum Gasteiger partial charge on any atom is 0.266 e. The highest BCUT2D eigenvalue weighted by atomic mass is 35.5. The van der Waals surface area contributed by atoms with Crippen LogP contribution in [0.4, 0.5) is 0 Å². The molecular formula is C22H26ClN5OS. The number of piperidine rings is 1. The van der Waals surface area contributed by atoms with Gasteiger partial charge in [-0.25, -0.2) is 9.50 Å². The van der Waals surface area contributed by atoms with Gasteiger partial charge in [0.1, 0.15) is 4.88 Å². The molecule has 0 spiro atoms. The Morgan fingerprint density at radius 2 is 2.17 bits per heavy atom. The van der Waals surface area contributed by atoms with E-state index in [4.69, 9.17) is 27.4 Å². The second-order valence-corrected chi connectivity index (χ2v) is 9.88. The van der Waals surface area contributed by atoms with Crippen LogP contribution in [-0.2, 0) is 0 Å². The molecule has 1 saturated heterocycles. The summed E-state index contributed by atoms with van der Waals surface area (Å²) in [7, 11) is 0. The van der Waals surface area contributed by atoms with Gasteiger partial charge in [-0.05, 0) is 62.5 Å². The van der Waals surface area contributed by atoms with Crippen LogP contribution in [0.3, 0.4) is 0 Å². The molecule has 158 valence electrons. The highest BCUT2D eigenvalue weighted by Gasteiger charge is 2.32. The van der Waals surface area contributed by atoms with Crippen molar-refractivity contribution >= 4 is 34.5 Å². The zero-order chi connectivity index (χ0) is 20.8. The number of thiophene rings is 1. The van der Waals surface area contributed by atoms with Gasteiger partial charge in [-0.15, -0.1) is 11.3 Å². The van der Waals surface area contributed by atoms with Crippen LogP contribution in [-0.4, -0.2) is 38.0 Å². The lowest BCUT2D eigenvalue weighted by atomic mass is 9.99. The van der Waals surface area contributed by atoms with E-state index in [2.05, 4.69) is 13.1 Å². The average Bonchev–Trinajstić information content (AvgIpc) is 3.46. The quantitative estimate of drug-likeness (QED) is 0.635. The van der Waals surface area contributed by atoms with E-state index in [1.807, 2.05) is 20.9 Å². The Morgan fingerprint density at radius 3 is 2.90 bits per heavy atom. The second-order valence-electron chi connectivity index (χ2n) is 8.56. The Kier molecular flexibility index (Phi) is 5.29. The lowest BCUT2D eigenvalue weighted by Gasteiger charge is -2.34. The molecule has 3 aromatic heterocycles. The number of likely N-dealkylation sites (tertiary alicyclic amines) is 1. The fraction of sp³-hybridized carbons (Fsp3) is 0.500. The molecule has 2 N–H and O–H groups in total. The van der Waals surface area contributed by atoms with E-state index in [1.165, 1.54) is 11.3 Å². The summed E-state index contributed by atoms with van der Waals surface area (Å²) in [6.45, 7) is 2.82. The second kappa shape index (κ2) is 7.94. The number of nitrogens with zero attached hydrogens (tertiary/aromatic N) is 4. The van der Waals surface area contributed by atoms with Gasteiger partial charge < -0.3 is 10.6 Å². The molecule has 1 unspecified atom stereocenters. The van der Waals surface area contributed by atoms with Gasteiger partial charge in [0.25, 0.3) is 5.91 Å². The van der Waals surface area contributed by atoms with Crippen molar-refractivity contribution in [3.63, 3.8) is 0 Å². The third kappa shape index (κ3) is 3.53. The summed E-state index contributed by atoms with van der Waals surface area (Å²) in [6.07, 6.45) is 8.21. The van der Waals surface area contributed by atoms with Crippen molar-refractivity contribution in [2.75, 3.05) is 6.54 Å². The summed E-state index contributed by atoms with van der Waals surface area (Å²) in [5.41, 5.74) is 10.2. The van der Waals surface area contributed by atoms with Crippen LogP contribution < -0.4 is 5.73 Å². The minimum absolute atomic E-state index is 0.00141. The number of hydrogen-bond donors (Lipinski definition) is 1. The summed E-state index contributed by atoms with van der Waals surface area (Å²) >= 11 is 7.64. The number of hydrogen-bond acceptors (Lipinski definition) is 5. The largest absolute Gasteiger partial charge is 0.329 e. The number of aryl methyl sites for hydroxylation is 1. The van der Waals surface area contributed by atoms with E-state index in [9.17, 15) is 4.79 Å². The van der Waals surface area contributed by atoms with Crippen molar-refractivity contribution in [2.45, 2.75) is 63.5 Å². The van der Waals surface area contributed by atoms with Crippen molar-refractivity contribution in [2.24, 2.45) is 5.73 Å². The molecule has 0 radical (unpaired) electrons. The normalized spacial score (nSPS) is 24.6. The molecular weight excluding hydrogens is 418 g/mol. The van der Waals surface area contributed by atoms with Crippen molar-refractivity contribution < 1.29 is 4.79 Å². The zero-order valence-electron chi connectivity index (χ0n) is 17.1. The summed E-state index contributed by atoms with van der Waals surface area (Å²) in [6, 6.07) is 4.06. The summed E-state index contributed by atoms with van der Waals surface area (Å²) in [5, 5.41) is 7.21. The van der Waals surface area contributed by atoms with Gasteiger partial charge in [0.2, 0.25) is 0 Å². The molecule has 6 nitrogen and oxygen atoms in total. The Bertz CT molecular complexity index is 1090. The van der Waals surface area contributed by atoms with Crippen LogP contribution in [0.1, 0.15) is 77.1 Å². The number of halogens is 1. The fourth-order valence-corrected chi connectivity index (χ4v) is 6.03. The molecule has 5 rings (SSSR count). The SMILES string of the molecule is Cc1cn2nc([C@@H]3CCCCN3C(=O)c3sccc3Cl)cc2nc1C1CC[C@H](N)C1. The third-order valence-corrected chi connectivity index (χ3v) is 7.80. The Morgan fingerprint density at radius 1 is 1.30 bits per heavy atom. The number of rotatable bonds is 3. The fourth-order valence-electron chi connectivity index (χ4n) is 4.94. The highest BCUT2D eigenvalue weighted by Crippen LogP contribution is 2.36. The molecule has 2 fully saturated rings. The van der Waals surface area contributed by atoms with Crippen molar-refractivity contribution in [1.82, 2.24) is 19.5 Å². The minimum atomic E-state index is -0.0465. The van der Waals surface area contributed by atoms with Crippen LogP contribution in [0.5, 0.6) is 0 Å². The molecule has 30 heavy (non-hydrogen) atoms. The van der Waals surface area contributed by atoms with E-state index < -0.39 is 0 Å². The summed E-state index contributed by atoms with van der Waals surface area (Å²) in [4.78, 5) is 20.7. The molecule has 2 aliphatic rings. The van der Waals surface area contributed by atoms with Crippen LogP contribution in [0.2, 0.25) is 5.02 Å². The maximum absolute atomic E-state index is 13.2. The monoisotopic (exact) mass is 443 g/mol. The van der Waals surface area contributed by atoms with Gasteiger partial charge >= 0.3 is 0 Å². The number of carbonyl (C=O) groups is 1. The van der Waals surface area contributed by atoms with E-state index in [0.29, 0.717) is 15.8 Å². The molecule has 8 heteroatoms. The Labute approximate surface area is 185 Å². The first-order chi connectivity index (χ1) is 14.5. The van der Waals surface area contributed by atoms with Gasteiger partial charge in [0, 0.05) is 30.8 Å². The molecule has 0 bridgehead atoms. The van der Waals surface area contributed by atoms with Gasteiger partial charge in [0.05, 0.1) is 22.5 Å². The van der Waals surface area contributed by atoms with Gasteiger partial charge in [-0.2, -0.15) is 5.10 Å². The first-order valence-electron chi connectivity index (χ1n) is 10.7. The van der Waals surface area contributed by atoms with Gasteiger partial charge in [-0.1, -0.05) is 11.6 Å². The molecule has 4 heterocycles. The average molecular weight is 444 g/mol. The molecule has 1 saturated carbocycles. The topological polar surface area (TPSA) is 76.5 Å². The number of amides is 1. The maximum atomic E-state index is 13.2. The lowest BCUT2D eigenvalue weighted by Crippen LogP contribution is -2.38. The first kappa shape index (κ1) is 20.0. The summed E-state index contributed by atoms with van der Waals surface area (Å²) in [5.74, 6) is 0.429. The number of carbonyl (C=O) groups excluding carboxylic acids is 1. The smallest absolute Gasteiger partial charge is 0.266 e.